The van der Waals surface area contributed by atoms with Gasteiger partial charge in [-0.05, 0) is 64.0 Å². The van der Waals surface area contributed by atoms with Crippen molar-refractivity contribution in [3.05, 3.63) is 0 Å². The molecule has 0 amide bonds. The van der Waals surface area contributed by atoms with Crippen LogP contribution < -0.4 is 5.32 Å². The second-order valence-corrected chi connectivity index (χ2v) is 6.13. The lowest BCUT2D eigenvalue weighted by Crippen LogP contribution is -2.49. The van der Waals surface area contributed by atoms with Crippen molar-refractivity contribution in [3.63, 3.8) is 0 Å². The van der Waals surface area contributed by atoms with E-state index < -0.39 is 0 Å². The number of likely N-dealkylation sites (tertiary alicyclic amines) is 1. The quantitative estimate of drug-likeness (QED) is 0.785. The van der Waals surface area contributed by atoms with Gasteiger partial charge in [0.1, 0.15) is 0 Å². The van der Waals surface area contributed by atoms with Crippen LogP contribution in [0.5, 0.6) is 0 Å². The minimum absolute atomic E-state index is 0.777. The molecule has 2 saturated carbocycles. The zero-order valence-corrected chi connectivity index (χ0v) is 10.6. The van der Waals surface area contributed by atoms with Crippen LogP contribution in [-0.2, 0) is 0 Å². The fourth-order valence-electron chi connectivity index (χ4n) is 4.01. The molecule has 0 bridgehead atoms. The van der Waals surface area contributed by atoms with Gasteiger partial charge in [-0.2, -0.15) is 0 Å². The van der Waals surface area contributed by atoms with Crippen LogP contribution in [0.3, 0.4) is 0 Å². The third-order valence-corrected chi connectivity index (χ3v) is 5.10. The molecule has 0 aromatic heterocycles. The lowest BCUT2D eigenvalue weighted by molar-refractivity contribution is 0.0990. The summed E-state index contributed by atoms with van der Waals surface area (Å²) < 4.78 is 0. The number of hydrogen-bond acceptors (Lipinski definition) is 2. The normalized spacial score (nSPS) is 37.3. The Hall–Kier alpha value is -0.0800. The summed E-state index contributed by atoms with van der Waals surface area (Å²) in [6, 6.07) is 1.72. The van der Waals surface area contributed by atoms with E-state index in [0.717, 1.165) is 23.9 Å². The Bertz CT molecular complexity index is 237. The maximum absolute atomic E-state index is 3.55. The van der Waals surface area contributed by atoms with Crippen LogP contribution in [0, 0.1) is 11.8 Å². The number of nitrogens with zero attached hydrogens (tertiary/aromatic N) is 1. The Morgan fingerprint density at radius 1 is 1.12 bits per heavy atom. The van der Waals surface area contributed by atoms with Gasteiger partial charge in [0.05, 0.1) is 0 Å². The molecular weight excluding hydrogens is 196 g/mol. The number of piperidine rings is 1. The number of rotatable bonds is 4. The molecule has 3 unspecified atom stereocenters. The van der Waals surface area contributed by atoms with Crippen molar-refractivity contribution in [2.75, 3.05) is 20.1 Å². The second-order valence-electron chi connectivity index (χ2n) is 6.13. The minimum atomic E-state index is 0.777. The highest BCUT2D eigenvalue weighted by atomic mass is 15.2. The summed E-state index contributed by atoms with van der Waals surface area (Å²) in [5.74, 6) is 2.04. The van der Waals surface area contributed by atoms with Crippen molar-refractivity contribution in [3.8, 4) is 0 Å². The van der Waals surface area contributed by atoms with Gasteiger partial charge in [0.25, 0.3) is 0 Å². The van der Waals surface area contributed by atoms with Gasteiger partial charge in [-0.1, -0.05) is 6.42 Å². The maximum atomic E-state index is 3.55. The molecule has 3 aliphatic rings. The van der Waals surface area contributed by atoms with Crippen molar-refractivity contribution in [1.82, 2.24) is 10.2 Å². The van der Waals surface area contributed by atoms with Crippen molar-refractivity contribution in [2.24, 2.45) is 11.8 Å². The summed E-state index contributed by atoms with van der Waals surface area (Å²) in [6.45, 7) is 2.69. The molecule has 0 spiro atoms. The number of nitrogens with one attached hydrogen (secondary N) is 1. The van der Waals surface area contributed by atoms with Crippen LogP contribution in [0.1, 0.15) is 44.9 Å². The first-order chi connectivity index (χ1) is 7.88. The first kappa shape index (κ1) is 11.0. The van der Waals surface area contributed by atoms with Crippen molar-refractivity contribution >= 4 is 0 Å². The first-order valence-electron chi connectivity index (χ1n) is 7.30. The molecule has 1 N–H and O–H groups in total. The zero-order valence-electron chi connectivity index (χ0n) is 10.6. The van der Waals surface area contributed by atoms with E-state index in [0.29, 0.717) is 0 Å². The van der Waals surface area contributed by atoms with Gasteiger partial charge in [-0.3, -0.25) is 4.90 Å². The van der Waals surface area contributed by atoms with Gasteiger partial charge in [0.15, 0.2) is 0 Å². The lowest BCUT2D eigenvalue weighted by Gasteiger charge is -2.39. The molecule has 1 aliphatic heterocycles. The van der Waals surface area contributed by atoms with Gasteiger partial charge in [-0.15, -0.1) is 0 Å². The fourth-order valence-corrected chi connectivity index (χ4v) is 4.01. The first-order valence-corrected chi connectivity index (χ1v) is 7.30. The molecule has 3 rings (SSSR count). The van der Waals surface area contributed by atoms with Crippen LogP contribution in [0.15, 0.2) is 0 Å². The molecule has 16 heavy (non-hydrogen) atoms. The van der Waals surface area contributed by atoms with E-state index in [1.54, 1.807) is 0 Å². The maximum Gasteiger partial charge on any atom is 0.0220 e. The van der Waals surface area contributed by atoms with Crippen LogP contribution in [0.4, 0.5) is 0 Å². The Balaban J connectivity index is 1.59. The second kappa shape index (κ2) is 4.66. The summed E-state index contributed by atoms with van der Waals surface area (Å²) in [4.78, 5) is 2.82. The van der Waals surface area contributed by atoms with Gasteiger partial charge in [-0.25, -0.2) is 0 Å². The molecule has 2 nitrogen and oxygen atoms in total. The highest BCUT2D eigenvalue weighted by Crippen LogP contribution is 2.38. The molecule has 3 fully saturated rings. The van der Waals surface area contributed by atoms with E-state index in [9.17, 15) is 0 Å². The third-order valence-electron chi connectivity index (χ3n) is 5.10. The molecule has 92 valence electrons. The van der Waals surface area contributed by atoms with Gasteiger partial charge < -0.3 is 5.32 Å². The van der Waals surface area contributed by atoms with Gasteiger partial charge in [0, 0.05) is 18.6 Å². The predicted molar refractivity (Wildman–Crippen MR) is 67.5 cm³/mol. The molecule has 0 aromatic rings. The summed E-state index contributed by atoms with van der Waals surface area (Å²) in [5.41, 5.74) is 0. The van der Waals surface area contributed by atoms with Crippen molar-refractivity contribution < 1.29 is 0 Å². The molecule has 2 aliphatic carbocycles. The number of hydrogen-bond donors (Lipinski definition) is 1. The smallest absolute Gasteiger partial charge is 0.0220 e. The summed E-state index contributed by atoms with van der Waals surface area (Å²) >= 11 is 0. The third kappa shape index (κ3) is 2.14. The molecule has 0 aromatic carbocycles. The van der Waals surface area contributed by atoms with E-state index in [-0.39, 0.29) is 0 Å². The fraction of sp³-hybridized carbons (Fsp3) is 1.00. The summed E-state index contributed by atoms with van der Waals surface area (Å²) in [7, 11) is 2.15. The van der Waals surface area contributed by atoms with Gasteiger partial charge in [0.2, 0.25) is 0 Å². The topological polar surface area (TPSA) is 15.3 Å². The van der Waals surface area contributed by atoms with Crippen LogP contribution in [0.2, 0.25) is 0 Å². The Kier molecular flexibility index (Phi) is 3.21. The van der Waals surface area contributed by atoms with E-state index in [2.05, 4.69) is 17.3 Å². The Morgan fingerprint density at radius 2 is 1.94 bits per heavy atom. The average molecular weight is 222 g/mol. The summed E-state index contributed by atoms with van der Waals surface area (Å²) in [5, 5.41) is 3.55. The van der Waals surface area contributed by atoms with E-state index in [1.165, 1.54) is 58.0 Å². The molecule has 0 radical (unpaired) electrons. The highest BCUT2D eigenvalue weighted by molar-refractivity contribution is 4.94. The number of likely N-dealkylation sites (N-methyl/N-ethyl adjacent to an activating group) is 1. The van der Waals surface area contributed by atoms with Gasteiger partial charge >= 0.3 is 0 Å². The number of fused-ring (bicyclic) bond motifs is 1. The zero-order chi connectivity index (χ0) is 11.0. The molecule has 3 atom stereocenters. The van der Waals surface area contributed by atoms with Crippen LogP contribution in [-0.4, -0.2) is 37.1 Å². The standard InChI is InChI=1S/C14H26N2/c1-15-13(11-7-8-11)10-16-9-3-5-12-4-2-6-14(12)16/h11-15H,2-10H2,1H3. The minimum Gasteiger partial charge on any atom is -0.315 e. The SMILES string of the molecule is CNC(CN1CCCC2CCCC21)C1CC1. The van der Waals surface area contributed by atoms with Crippen molar-refractivity contribution in [2.45, 2.75) is 57.0 Å². The van der Waals surface area contributed by atoms with Crippen LogP contribution in [0.25, 0.3) is 0 Å². The van der Waals surface area contributed by atoms with E-state index >= 15 is 0 Å². The Labute approximate surface area is 99.8 Å². The average Bonchev–Trinajstić information content (AvgIpc) is 3.03. The monoisotopic (exact) mass is 222 g/mol. The molecule has 1 heterocycles. The molecule has 2 heteroatoms. The largest absolute Gasteiger partial charge is 0.315 e. The molecular formula is C14H26N2. The van der Waals surface area contributed by atoms with E-state index in [1.807, 2.05) is 0 Å². The van der Waals surface area contributed by atoms with E-state index in [4.69, 9.17) is 0 Å². The highest BCUT2D eigenvalue weighted by Gasteiger charge is 2.38. The lowest BCUT2D eigenvalue weighted by atomic mass is 9.91. The van der Waals surface area contributed by atoms with Crippen molar-refractivity contribution in [1.29, 1.82) is 0 Å². The Morgan fingerprint density at radius 3 is 2.69 bits per heavy atom. The molecule has 1 saturated heterocycles. The summed E-state index contributed by atoms with van der Waals surface area (Å²) in [6.07, 6.45) is 10.4. The predicted octanol–water partition coefficient (Wildman–Crippen LogP) is 2.25. The van der Waals surface area contributed by atoms with Crippen LogP contribution >= 0.6 is 0 Å².